The van der Waals surface area contributed by atoms with Crippen LogP contribution in [0.15, 0.2) is 0 Å². The van der Waals surface area contributed by atoms with Crippen LogP contribution in [0, 0.1) is 0 Å². The number of nitrogens with zero attached hydrogens (tertiary/aromatic N) is 2. The molecule has 0 spiro atoms. The Balaban J connectivity index is 2.37. The summed E-state index contributed by atoms with van der Waals surface area (Å²) in [5.74, 6) is -0.862. The minimum atomic E-state index is -0.862. The number of carboxylic acid groups (broad SMARTS) is 1. The molecule has 0 aromatic heterocycles. The summed E-state index contributed by atoms with van der Waals surface area (Å²) in [6, 6.07) is -0.00257. The second kappa shape index (κ2) is 8.84. The maximum absolute atomic E-state index is 12.4. The Morgan fingerprint density at radius 1 is 1.33 bits per heavy atom. The number of piperidine rings is 1. The average molecular weight is 302 g/mol. The Morgan fingerprint density at radius 3 is 2.43 bits per heavy atom. The van der Waals surface area contributed by atoms with E-state index in [4.69, 9.17) is 14.9 Å². The summed E-state index contributed by atoms with van der Waals surface area (Å²) in [6.07, 6.45) is 1.47. The first-order valence-electron chi connectivity index (χ1n) is 7.45. The van der Waals surface area contributed by atoms with E-state index in [0.717, 1.165) is 12.8 Å². The molecule has 7 nitrogen and oxygen atoms in total. The number of carboxylic acids is 1. The maximum atomic E-state index is 12.4. The lowest BCUT2D eigenvalue weighted by Crippen LogP contribution is -2.50. The van der Waals surface area contributed by atoms with Crippen LogP contribution in [-0.4, -0.2) is 77.0 Å². The Bertz CT molecular complexity index is 340. The molecular weight excluding hydrogens is 276 g/mol. The number of hydrogen-bond acceptors (Lipinski definition) is 4. The highest BCUT2D eigenvalue weighted by Gasteiger charge is 2.27. The van der Waals surface area contributed by atoms with E-state index < -0.39 is 5.97 Å². The summed E-state index contributed by atoms with van der Waals surface area (Å²) in [5.41, 5.74) is 0. The summed E-state index contributed by atoms with van der Waals surface area (Å²) in [6.45, 7) is 5.57. The quantitative estimate of drug-likeness (QED) is 0.725. The van der Waals surface area contributed by atoms with Crippen molar-refractivity contribution in [3.63, 3.8) is 0 Å². The van der Waals surface area contributed by atoms with Crippen LogP contribution in [0.1, 0.15) is 33.1 Å². The lowest BCUT2D eigenvalue weighted by molar-refractivity contribution is -0.138. The van der Waals surface area contributed by atoms with Crippen molar-refractivity contribution in [1.29, 1.82) is 0 Å². The van der Waals surface area contributed by atoms with Crippen molar-refractivity contribution in [2.45, 2.75) is 45.3 Å². The average Bonchev–Trinajstić information content (AvgIpc) is 2.44. The van der Waals surface area contributed by atoms with Crippen molar-refractivity contribution in [3.8, 4) is 0 Å². The van der Waals surface area contributed by atoms with Crippen LogP contribution in [0.25, 0.3) is 0 Å². The van der Waals surface area contributed by atoms with Crippen molar-refractivity contribution >= 4 is 12.0 Å². The van der Waals surface area contributed by atoms with E-state index in [1.807, 2.05) is 13.8 Å². The van der Waals surface area contributed by atoms with E-state index in [0.29, 0.717) is 19.6 Å². The summed E-state index contributed by atoms with van der Waals surface area (Å²) < 4.78 is 5.50. The normalized spacial score (nSPS) is 16.3. The van der Waals surface area contributed by atoms with E-state index in [2.05, 4.69) is 0 Å². The predicted molar refractivity (Wildman–Crippen MR) is 77.1 cm³/mol. The highest BCUT2D eigenvalue weighted by Crippen LogP contribution is 2.16. The van der Waals surface area contributed by atoms with Gasteiger partial charge in [0.2, 0.25) is 0 Å². The van der Waals surface area contributed by atoms with E-state index in [1.54, 1.807) is 9.80 Å². The second-order valence-corrected chi connectivity index (χ2v) is 5.49. The van der Waals surface area contributed by atoms with Crippen molar-refractivity contribution in [3.05, 3.63) is 0 Å². The summed E-state index contributed by atoms with van der Waals surface area (Å²) >= 11 is 0. The molecule has 1 aliphatic heterocycles. The largest absolute Gasteiger partial charge is 0.481 e. The minimum Gasteiger partial charge on any atom is -0.481 e. The van der Waals surface area contributed by atoms with Crippen LogP contribution < -0.4 is 0 Å². The molecule has 1 rings (SSSR count). The van der Waals surface area contributed by atoms with E-state index in [1.165, 1.54) is 0 Å². The topological polar surface area (TPSA) is 90.3 Å². The monoisotopic (exact) mass is 302 g/mol. The Morgan fingerprint density at radius 2 is 1.95 bits per heavy atom. The molecule has 0 atom stereocenters. The zero-order valence-electron chi connectivity index (χ0n) is 12.8. The van der Waals surface area contributed by atoms with Crippen molar-refractivity contribution < 1.29 is 24.5 Å². The lowest BCUT2D eigenvalue weighted by atomic mass is 10.1. The molecule has 0 bridgehead atoms. The van der Waals surface area contributed by atoms with Crippen molar-refractivity contribution in [2.75, 3.05) is 32.8 Å². The molecule has 2 amide bonds. The number of carbonyl (C=O) groups is 2. The van der Waals surface area contributed by atoms with Gasteiger partial charge in [-0.15, -0.1) is 0 Å². The number of ether oxygens (including phenoxy) is 1. The molecule has 0 saturated carbocycles. The Hall–Kier alpha value is -1.34. The van der Waals surface area contributed by atoms with Gasteiger partial charge in [0.25, 0.3) is 0 Å². The molecule has 0 aromatic rings. The molecule has 1 fully saturated rings. The SMILES string of the molecule is CC(C)N(CCO)C(=O)N1CCC(OCCC(=O)O)CC1. The number of carbonyl (C=O) groups excluding carboxylic acids is 1. The molecule has 1 saturated heterocycles. The van der Waals surface area contributed by atoms with Gasteiger partial charge in [0.1, 0.15) is 0 Å². The predicted octanol–water partition coefficient (Wildman–Crippen LogP) is 0.765. The molecule has 0 aliphatic carbocycles. The van der Waals surface area contributed by atoms with E-state index in [9.17, 15) is 9.59 Å². The number of hydrogen-bond donors (Lipinski definition) is 2. The van der Waals surface area contributed by atoms with Gasteiger partial charge in [-0.1, -0.05) is 0 Å². The third kappa shape index (κ3) is 5.89. The molecule has 0 unspecified atom stereocenters. The molecule has 1 heterocycles. The highest BCUT2D eigenvalue weighted by atomic mass is 16.5. The van der Waals surface area contributed by atoms with Gasteiger partial charge in [-0.25, -0.2) is 4.79 Å². The molecule has 122 valence electrons. The number of amides is 2. The van der Waals surface area contributed by atoms with Gasteiger partial charge >= 0.3 is 12.0 Å². The number of urea groups is 1. The molecule has 1 aliphatic rings. The first-order valence-corrected chi connectivity index (χ1v) is 7.45. The summed E-state index contributed by atoms with van der Waals surface area (Å²) in [7, 11) is 0. The van der Waals surface area contributed by atoms with Crippen molar-refractivity contribution in [1.82, 2.24) is 9.80 Å². The van der Waals surface area contributed by atoms with E-state index >= 15 is 0 Å². The molecule has 0 aromatic carbocycles. The zero-order valence-corrected chi connectivity index (χ0v) is 12.8. The van der Waals surface area contributed by atoms with Crippen LogP contribution >= 0.6 is 0 Å². The molecular formula is C14H26N2O5. The maximum Gasteiger partial charge on any atom is 0.320 e. The fraction of sp³-hybridized carbons (Fsp3) is 0.857. The van der Waals surface area contributed by atoms with Crippen LogP contribution in [0.3, 0.4) is 0 Å². The molecule has 0 radical (unpaired) electrons. The molecule has 2 N–H and O–H groups in total. The van der Waals surface area contributed by atoms with Crippen LogP contribution in [-0.2, 0) is 9.53 Å². The minimum absolute atomic E-state index is 0.0107. The van der Waals surface area contributed by atoms with Gasteiger partial charge in [0, 0.05) is 25.7 Å². The van der Waals surface area contributed by atoms with Gasteiger partial charge in [0.05, 0.1) is 25.7 Å². The first kappa shape index (κ1) is 17.7. The fourth-order valence-corrected chi connectivity index (χ4v) is 2.39. The summed E-state index contributed by atoms with van der Waals surface area (Å²) in [4.78, 5) is 26.2. The van der Waals surface area contributed by atoms with Crippen molar-refractivity contribution in [2.24, 2.45) is 0 Å². The van der Waals surface area contributed by atoms with Crippen LogP contribution in [0.5, 0.6) is 0 Å². The Kier molecular flexibility index (Phi) is 7.45. The van der Waals surface area contributed by atoms with Gasteiger partial charge in [0.15, 0.2) is 0 Å². The number of aliphatic hydroxyl groups excluding tert-OH is 1. The fourth-order valence-electron chi connectivity index (χ4n) is 2.39. The zero-order chi connectivity index (χ0) is 15.8. The van der Waals surface area contributed by atoms with E-state index in [-0.39, 0.29) is 37.8 Å². The second-order valence-electron chi connectivity index (χ2n) is 5.49. The number of aliphatic hydroxyl groups is 1. The highest BCUT2D eigenvalue weighted by molar-refractivity contribution is 5.74. The lowest BCUT2D eigenvalue weighted by Gasteiger charge is -2.37. The smallest absolute Gasteiger partial charge is 0.320 e. The third-order valence-electron chi connectivity index (χ3n) is 3.59. The number of aliphatic carboxylic acids is 1. The number of rotatable bonds is 7. The van der Waals surface area contributed by atoms with Gasteiger partial charge in [-0.3, -0.25) is 4.79 Å². The summed E-state index contributed by atoms with van der Waals surface area (Å²) in [5, 5.41) is 17.6. The Labute approximate surface area is 125 Å². The van der Waals surface area contributed by atoms with Crippen LogP contribution in [0.4, 0.5) is 4.79 Å². The van der Waals surface area contributed by atoms with Gasteiger partial charge in [-0.05, 0) is 26.7 Å². The van der Waals surface area contributed by atoms with Gasteiger partial charge < -0.3 is 24.7 Å². The molecule has 7 heteroatoms. The van der Waals surface area contributed by atoms with Gasteiger partial charge in [-0.2, -0.15) is 0 Å². The molecule has 21 heavy (non-hydrogen) atoms. The standard InChI is InChI=1S/C14H26N2O5/c1-11(2)16(8-9-17)14(20)15-6-3-12(4-7-15)21-10-5-13(18)19/h11-12,17H,3-10H2,1-2H3,(H,18,19). The first-order chi connectivity index (χ1) is 9.95. The third-order valence-corrected chi connectivity index (χ3v) is 3.59. The number of likely N-dealkylation sites (tertiary alicyclic amines) is 1. The van der Waals surface area contributed by atoms with Crippen LogP contribution in [0.2, 0.25) is 0 Å².